The Bertz CT molecular complexity index is 38.1. The second-order valence-electron chi connectivity index (χ2n) is 1.46. The summed E-state index contributed by atoms with van der Waals surface area (Å²) in [6.07, 6.45) is 4.05. The molecule has 0 bridgehead atoms. The molecule has 1 radical (unpaired) electrons. The van der Waals surface area contributed by atoms with E-state index in [9.17, 15) is 0 Å². The molecule has 1 N–H and O–H groups in total. The minimum atomic E-state index is 0.0463. The monoisotopic (exact) mass is 87.0 g/mol. The maximum atomic E-state index is 7.85. The Morgan fingerprint density at radius 2 is 2.50 bits per heavy atom. The third kappa shape index (κ3) is 0.533. The Balaban J connectivity index is 2.01. The average Bonchev–Trinajstić information content (AvgIpc) is 1.31. The first-order chi connectivity index (χ1) is 2.93. The van der Waals surface area contributed by atoms with Crippen LogP contribution in [0, 0.1) is 6.42 Å². The highest BCUT2D eigenvalue weighted by atomic mass is 17.1. The van der Waals surface area contributed by atoms with E-state index in [0.29, 0.717) is 0 Å². The van der Waals surface area contributed by atoms with E-state index < -0.39 is 0 Å². The predicted molar refractivity (Wildman–Crippen MR) is 21.0 cm³/mol. The first-order valence-corrected chi connectivity index (χ1v) is 2.07. The van der Waals surface area contributed by atoms with Crippen LogP contribution in [0.4, 0.5) is 0 Å². The highest BCUT2D eigenvalue weighted by Crippen LogP contribution is 2.18. The second kappa shape index (κ2) is 1.58. The summed E-state index contributed by atoms with van der Waals surface area (Å²) < 4.78 is 0. The quantitative estimate of drug-likeness (QED) is 0.379. The van der Waals surface area contributed by atoms with Crippen LogP contribution in [0.5, 0.6) is 0 Å². The lowest BCUT2D eigenvalue weighted by Crippen LogP contribution is -2.20. The smallest absolute Gasteiger partial charge is 0.0959 e. The van der Waals surface area contributed by atoms with E-state index in [-0.39, 0.29) is 6.10 Å². The standard InChI is InChI=1S/C4H7O2/c5-6-4-2-1-3-4/h2,4-5H,1,3H2. The van der Waals surface area contributed by atoms with Crippen molar-refractivity contribution in [1.82, 2.24) is 0 Å². The second-order valence-corrected chi connectivity index (χ2v) is 1.46. The van der Waals surface area contributed by atoms with Gasteiger partial charge in [-0.3, -0.25) is 5.26 Å². The van der Waals surface area contributed by atoms with Crippen molar-refractivity contribution in [2.24, 2.45) is 0 Å². The topological polar surface area (TPSA) is 29.5 Å². The molecule has 2 nitrogen and oxygen atoms in total. The minimum absolute atomic E-state index is 0.0463. The number of rotatable bonds is 1. The molecule has 6 heavy (non-hydrogen) atoms. The van der Waals surface area contributed by atoms with Crippen LogP contribution in [0.1, 0.15) is 12.8 Å². The first-order valence-electron chi connectivity index (χ1n) is 2.07. The van der Waals surface area contributed by atoms with Gasteiger partial charge in [-0.15, -0.1) is 0 Å². The van der Waals surface area contributed by atoms with Crippen molar-refractivity contribution in [3.63, 3.8) is 0 Å². The van der Waals surface area contributed by atoms with E-state index in [2.05, 4.69) is 4.89 Å². The molecule has 1 aliphatic carbocycles. The SMILES string of the molecule is OOC1[CH]CC1. The molecular weight excluding hydrogens is 80.0 g/mol. The molecule has 1 unspecified atom stereocenters. The number of hydrogen-bond acceptors (Lipinski definition) is 2. The van der Waals surface area contributed by atoms with Crippen molar-refractivity contribution >= 4 is 0 Å². The van der Waals surface area contributed by atoms with Crippen LogP contribution in [0.3, 0.4) is 0 Å². The molecule has 1 rings (SSSR count). The lowest BCUT2D eigenvalue weighted by Gasteiger charge is -2.19. The van der Waals surface area contributed by atoms with Gasteiger partial charge in [0.25, 0.3) is 0 Å². The van der Waals surface area contributed by atoms with Gasteiger partial charge in [0.05, 0.1) is 6.10 Å². The molecule has 1 fully saturated rings. The molecule has 2 heteroatoms. The summed E-state index contributed by atoms with van der Waals surface area (Å²) in [5, 5.41) is 7.85. The van der Waals surface area contributed by atoms with Crippen molar-refractivity contribution in [3.8, 4) is 0 Å². The summed E-state index contributed by atoms with van der Waals surface area (Å²) in [5.74, 6) is 0. The predicted octanol–water partition coefficient (Wildman–Crippen LogP) is 0.843. The first kappa shape index (κ1) is 4.09. The highest BCUT2D eigenvalue weighted by Gasteiger charge is 2.17. The summed E-state index contributed by atoms with van der Waals surface area (Å²) in [7, 11) is 0. The summed E-state index contributed by atoms with van der Waals surface area (Å²) in [6.45, 7) is 0. The largest absolute Gasteiger partial charge is 0.252 e. The van der Waals surface area contributed by atoms with E-state index in [0.717, 1.165) is 12.8 Å². The van der Waals surface area contributed by atoms with E-state index in [4.69, 9.17) is 5.26 Å². The molecule has 0 aromatic heterocycles. The zero-order chi connectivity index (χ0) is 4.41. The lowest BCUT2D eigenvalue weighted by molar-refractivity contribution is -0.280. The van der Waals surface area contributed by atoms with Crippen molar-refractivity contribution in [2.45, 2.75) is 18.9 Å². The molecule has 0 aromatic carbocycles. The lowest BCUT2D eigenvalue weighted by atomic mass is 9.97. The van der Waals surface area contributed by atoms with Crippen LogP contribution in [-0.4, -0.2) is 11.4 Å². The van der Waals surface area contributed by atoms with Crippen molar-refractivity contribution in [1.29, 1.82) is 0 Å². The molecule has 0 saturated heterocycles. The molecule has 0 aliphatic heterocycles. The van der Waals surface area contributed by atoms with E-state index in [1.807, 2.05) is 6.42 Å². The summed E-state index contributed by atoms with van der Waals surface area (Å²) in [6, 6.07) is 0. The fourth-order valence-corrected chi connectivity index (χ4v) is 0.398. The zero-order valence-electron chi connectivity index (χ0n) is 3.42. The molecule has 1 saturated carbocycles. The minimum Gasteiger partial charge on any atom is -0.252 e. The third-order valence-corrected chi connectivity index (χ3v) is 1.02. The molecule has 0 amide bonds. The summed E-state index contributed by atoms with van der Waals surface area (Å²) >= 11 is 0. The molecule has 0 aromatic rings. The van der Waals surface area contributed by atoms with Crippen LogP contribution in [0.25, 0.3) is 0 Å². The average molecular weight is 87.1 g/mol. The van der Waals surface area contributed by atoms with Gasteiger partial charge in [-0.2, -0.15) is 0 Å². The van der Waals surface area contributed by atoms with E-state index in [1.54, 1.807) is 0 Å². The fourth-order valence-electron chi connectivity index (χ4n) is 0.398. The normalized spacial score (nSPS) is 23.5. The molecule has 1 aliphatic rings. The Labute approximate surface area is 36.7 Å². The third-order valence-electron chi connectivity index (χ3n) is 1.02. The summed E-state index contributed by atoms with van der Waals surface area (Å²) in [4.78, 5) is 3.93. The molecule has 0 spiro atoms. The molecule has 0 heterocycles. The van der Waals surface area contributed by atoms with Crippen molar-refractivity contribution < 1.29 is 10.1 Å². The van der Waals surface area contributed by atoms with Gasteiger partial charge in [0.2, 0.25) is 0 Å². The maximum Gasteiger partial charge on any atom is 0.0959 e. The number of hydrogen-bond donors (Lipinski definition) is 1. The van der Waals surface area contributed by atoms with Gasteiger partial charge in [0, 0.05) is 0 Å². The highest BCUT2D eigenvalue weighted by molar-refractivity contribution is 4.87. The van der Waals surface area contributed by atoms with Gasteiger partial charge < -0.3 is 0 Å². The van der Waals surface area contributed by atoms with Crippen LogP contribution in [-0.2, 0) is 4.89 Å². The van der Waals surface area contributed by atoms with Crippen LogP contribution in [0.15, 0.2) is 0 Å². The fraction of sp³-hybridized carbons (Fsp3) is 0.750. The van der Waals surface area contributed by atoms with Gasteiger partial charge in [0.1, 0.15) is 0 Å². The van der Waals surface area contributed by atoms with Crippen LogP contribution in [0.2, 0.25) is 0 Å². The van der Waals surface area contributed by atoms with Gasteiger partial charge in [0.15, 0.2) is 0 Å². The molecule has 1 atom stereocenters. The van der Waals surface area contributed by atoms with E-state index >= 15 is 0 Å². The van der Waals surface area contributed by atoms with Crippen molar-refractivity contribution in [3.05, 3.63) is 6.42 Å². The van der Waals surface area contributed by atoms with Crippen LogP contribution >= 0.6 is 0 Å². The van der Waals surface area contributed by atoms with E-state index in [1.165, 1.54) is 0 Å². The molecular formula is C4H7O2. The zero-order valence-corrected chi connectivity index (χ0v) is 3.42. The molecule has 35 valence electrons. The van der Waals surface area contributed by atoms with Crippen molar-refractivity contribution in [2.75, 3.05) is 0 Å². The Kier molecular flexibility index (Phi) is 1.08. The Morgan fingerprint density at radius 1 is 1.83 bits per heavy atom. The van der Waals surface area contributed by atoms with Gasteiger partial charge in [-0.25, -0.2) is 4.89 Å². The van der Waals surface area contributed by atoms with Crippen LogP contribution < -0.4 is 0 Å². The summed E-state index contributed by atoms with van der Waals surface area (Å²) in [5.41, 5.74) is 0. The maximum absolute atomic E-state index is 7.85. The van der Waals surface area contributed by atoms with Gasteiger partial charge in [-0.05, 0) is 19.3 Å². The van der Waals surface area contributed by atoms with Gasteiger partial charge >= 0.3 is 0 Å². The Hall–Kier alpha value is -0.0800. The Morgan fingerprint density at radius 3 is 2.50 bits per heavy atom. The van der Waals surface area contributed by atoms with Gasteiger partial charge in [-0.1, -0.05) is 0 Å².